The molecular weight excluding hydrogens is 313 g/mol. The van der Waals surface area contributed by atoms with Gasteiger partial charge in [-0.25, -0.2) is 4.39 Å². The van der Waals surface area contributed by atoms with Crippen molar-refractivity contribution < 1.29 is 9.13 Å². The van der Waals surface area contributed by atoms with Gasteiger partial charge in [-0.05, 0) is 60.9 Å². The third-order valence-electron chi connectivity index (χ3n) is 4.11. The van der Waals surface area contributed by atoms with Gasteiger partial charge in [-0.2, -0.15) is 0 Å². The monoisotopic (exact) mass is 335 g/mol. The maximum absolute atomic E-state index is 12.9. The van der Waals surface area contributed by atoms with Crippen molar-refractivity contribution in [3.8, 4) is 5.75 Å². The molecule has 0 aromatic heterocycles. The van der Waals surface area contributed by atoms with Crippen LogP contribution in [0, 0.1) is 19.7 Å². The Hall–Kier alpha value is -2.81. The van der Waals surface area contributed by atoms with Gasteiger partial charge in [0.2, 0.25) is 0 Å². The zero-order valence-corrected chi connectivity index (χ0v) is 14.6. The smallest absolute Gasteiger partial charge is 0.123 e. The molecule has 0 atom stereocenters. The van der Waals surface area contributed by atoms with Crippen LogP contribution in [-0.2, 0) is 13.2 Å². The van der Waals surface area contributed by atoms with Crippen molar-refractivity contribution in [3.05, 3.63) is 94.8 Å². The first-order chi connectivity index (χ1) is 12.1. The highest BCUT2D eigenvalue weighted by Gasteiger charge is 2.00. The minimum Gasteiger partial charge on any atom is -0.489 e. The number of halogens is 1. The molecule has 0 aliphatic heterocycles. The second-order valence-corrected chi connectivity index (χ2v) is 6.23. The number of hydrogen-bond donors (Lipinski definition) is 1. The molecule has 3 aromatic rings. The molecule has 0 bridgehead atoms. The lowest BCUT2D eigenvalue weighted by atomic mass is 10.1. The molecule has 3 heteroatoms. The first-order valence-corrected chi connectivity index (χ1v) is 8.37. The van der Waals surface area contributed by atoms with E-state index in [9.17, 15) is 4.39 Å². The summed E-state index contributed by atoms with van der Waals surface area (Å²) in [4.78, 5) is 0. The number of hydrogen-bond acceptors (Lipinski definition) is 2. The van der Waals surface area contributed by atoms with E-state index in [1.54, 1.807) is 12.1 Å². The summed E-state index contributed by atoms with van der Waals surface area (Å²) in [6.07, 6.45) is 0. The van der Waals surface area contributed by atoms with E-state index in [2.05, 4.69) is 49.5 Å². The zero-order chi connectivity index (χ0) is 17.6. The molecule has 25 heavy (non-hydrogen) atoms. The zero-order valence-electron chi connectivity index (χ0n) is 14.6. The van der Waals surface area contributed by atoms with Gasteiger partial charge in [-0.15, -0.1) is 0 Å². The Balaban J connectivity index is 1.54. The van der Waals surface area contributed by atoms with Gasteiger partial charge in [0, 0.05) is 12.2 Å². The van der Waals surface area contributed by atoms with Crippen molar-refractivity contribution in [2.45, 2.75) is 27.0 Å². The molecular formula is C22H22FNO. The van der Waals surface area contributed by atoms with Crippen LogP contribution in [-0.4, -0.2) is 0 Å². The summed E-state index contributed by atoms with van der Waals surface area (Å²) in [6, 6.07) is 20.8. The van der Waals surface area contributed by atoms with Gasteiger partial charge in [0.05, 0.1) is 0 Å². The highest BCUT2D eigenvalue weighted by atomic mass is 19.1. The Labute approximate surface area is 148 Å². The summed E-state index contributed by atoms with van der Waals surface area (Å²) in [5.41, 5.74) is 5.81. The predicted molar refractivity (Wildman–Crippen MR) is 100 cm³/mol. The summed E-state index contributed by atoms with van der Waals surface area (Å²) in [5.74, 6) is 0.573. The second-order valence-electron chi connectivity index (χ2n) is 6.23. The normalized spacial score (nSPS) is 10.5. The lowest BCUT2D eigenvalue weighted by Crippen LogP contribution is -2.01. The number of aryl methyl sites for hydroxylation is 2. The van der Waals surface area contributed by atoms with Crippen LogP contribution in [0.25, 0.3) is 0 Å². The maximum atomic E-state index is 12.9. The van der Waals surface area contributed by atoms with Gasteiger partial charge in [0.25, 0.3) is 0 Å². The molecule has 0 heterocycles. The van der Waals surface area contributed by atoms with Gasteiger partial charge in [0.15, 0.2) is 0 Å². The average molecular weight is 335 g/mol. The van der Waals surface area contributed by atoms with Crippen molar-refractivity contribution in [2.75, 3.05) is 5.32 Å². The summed E-state index contributed by atoms with van der Waals surface area (Å²) in [7, 11) is 0. The van der Waals surface area contributed by atoms with Crippen LogP contribution >= 0.6 is 0 Å². The van der Waals surface area contributed by atoms with Crippen molar-refractivity contribution in [1.29, 1.82) is 0 Å². The van der Waals surface area contributed by atoms with E-state index in [-0.39, 0.29) is 5.82 Å². The van der Waals surface area contributed by atoms with Crippen molar-refractivity contribution >= 4 is 5.69 Å². The number of benzene rings is 3. The third kappa shape index (κ3) is 4.83. The molecule has 0 saturated carbocycles. The Morgan fingerprint density at radius 2 is 1.52 bits per heavy atom. The van der Waals surface area contributed by atoms with Crippen LogP contribution in [0.5, 0.6) is 5.75 Å². The van der Waals surface area contributed by atoms with Crippen LogP contribution in [0.15, 0.2) is 66.7 Å². The van der Waals surface area contributed by atoms with Gasteiger partial charge in [-0.3, -0.25) is 0 Å². The Bertz CT molecular complexity index is 826. The molecule has 1 N–H and O–H groups in total. The van der Waals surface area contributed by atoms with Gasteiger partial charge in [0.1, 0.15) is 18.2 Å². The molecule has 0 unspecified atom stereocenters. The highest BCUT2D eigenvalue weighted by Crippen LogP contribution is 2.19. The third-order valence-corrected chi connectivity index (χ3v) is 4.11. The molecule has 0 spiro atoms. The van der Waals surface area contributed by atoms with Crippen molar-refractivity contribution in [3.63, 3.8) is 0 Å². The first kappa shape index (κ1) is 17.0. The molecule has 0 fully saturated rings. The van der Waals surface area contributed by atoms with Crippen LogP contribution in [0.4, 0.5) is 10.1 Å². The van der Waals surface area contributed by atoms with E-state index < -0.39 is 0 Å². The van der Waals surface area contributed by atoms with Gasteiger partial charge in [-0.1, -0.05) is 42.0 Å². The van der Waals surface area contributed by atoms with Crippen LogP contribution in [0.3, 0.4) is 0 Å². The van der Waals surface area contributed by atoms with Gasteiger partial charge >= 0.3 is 0 Å². The predicted octanol–water partition coefficient (Wildman–Crippen LogP) is 5.63. The van der Waals surface area contributed by atoms with Crippen LogP contribution < -0.4 is 10.1 Å². The fourth-order valence-electron chi connectivity index (χ4n) is 2.66. The molecule has 0 radical (unpaired) electrons. The fourth-order valence-corrected chi connectivity index (χ4v) is 2.66. The van der Waals surface area contributed by atoms with Crippen molar-refractivity contribution in [2.24, 2.45) is 0 Å². The molecule has 0 aliphatic rings. The number of rotatable bonds is 6. The fraction of sp³-hybridized carbons (Fsp3) is 0.182. The Morgan fingerprint density at radius 3 is 2.20 bits per heavy atom. The summed E-state index contributed by atoms with van der Waals surface area (Å²) in [6.45, 7) is 5.41. The molecule has 2 nitrogen and oxygen atoms in total. The summed E-state index contributed by atoms with van der Waals surface area (Å²) >= 11 is 0. The molecule has 3 aromatic carbocycles. The summed E-state index contributed by atoms with van der Waals surface area (Å²) in [5, 5.41) is 3.46. The van der Waals surface area contributed by atoms with Gasteiger partial charge < -0.3 is 10.1 Å². The molecule has 0 saturated heterocycles. The SMILES string of the molecule is Cc1ccc(NCc2ccc(OCc3ccc(F)cc3)cc2)c(C)c1. The number of ether oxygens (including phenoxy) is 1. The lowest BCUT2D eigenvalue weighted by Gasteiger charge is -2.11. The first-order valence-electron chi connectivity index (χ1n) is 8.37. The summed E-state index contributed by atoms with van der Waals surface area (Å²) < 4.78 is 18.6. The quantitative estimate of drug-likeness (QED) is 0.630. The van der Waals surface area contributed by atoms with E-state index in [4.69, 9.17) is 4.74 Å². The average Bonchev–Trinajstić information content (AvgIpc) is 2.61. The van der Waals surface area contributed by atoms with Crippen LogP contribution in [0.1, 0.15) is 22.3 Å². The number of nitrogens with one attached hydrogen (secondary N) is 1. The Kier molecular flexibility index (Phi) is 5.34. The second kappa shape index (κ2) is 7.84. The maximum Gasteiger partial charge on any atom is 0.123 e. The van der Waals surface area contributed by atoms with E-state index in [1.807, 2.05) is 12.1 Å². The van der Waals surface area contributed by atoms with E-state index in [1.165, 1.54) is 28.8 Å². The van der Waals surface area contributed by atoms with E-state index >= 15 is 0 Å². The topological polar surface area (TPSA) is 21.3 Å². The number of anilines is 1. The highest BCUT2D eigenvalue weighted by molar-refractivity contribution is 5.52. The molecule has 128 valence electrons. The van der Waals surface area contributed by atoms with Crippen LogP contribution in [0.2, 0.25) is 0 Å². The molecule has 0 amide bonds. The van der Waals surface area contributed by atoms with E-state index in [0.29, 0.717) is 6.61 Å². The largest absolute Gasteiger partial charge is 0.489 e. The minimum atomic E-state index is -0.232. The Morgan fingerprint density at radius 1 is 0.840 bits per heavy atom. The standard InChI is InChI=1S/C22H22FNO/c1-16-3-12-22(17(2)13-16)24-14-18-6-10-21(11-7-18)25-15-19-4-8-20(23)9-5-19/h3-13,24H,14-15H2,1-2H3. The van der Waals surface area contributed by atoms with Crippen molar-refractivity contribution in [1.82, 2.24) is 0 Å². The minimum absolute atomic E-state index is 0.232. The van der Waals surface area contributed by atoms with E-state index in [0.717, 1.165) is 23.5 Å². The molecule has 0 aliphatic carbocycles. The lowest BCUT2D eigenvalue weighted by molar-refractivity contribution is 0.306. The molecule has 3 rings (SSSR count).